The largest absolute Gasteiger partial charge is 0.323 e. The van der Waals surface area contributed by atoms with E-state index in [9.17, 15) is 9.59 Å². The number of benzene rings is 2. The molecule has 0 aromatic heterocycles. The Morgan fingerprint density at radius 1 is 1.08 bits per heavy atom. The molecule has 2 rings (SSSR count). The van der Waals surface area contributed by atoms with Crippen molar-refractivity contribution in [2.75, 3.05) is 16.8 Å². The van der Waals surface area contributed by atoms with Gasteiger partial charge in [-0.15, -0.1) is 0 Å². The highest BCUT2D eigenvalue weighted by Gasteiger charge is 2.18. The molecule has 2 aromatic carbocycles. The Bertz CT molecular complexity index is 764. The first kappa shape index (κ1) is 18.0. The zero-order valence-corrected chi connectivity index (χ0v) is 15.1. The number of para-hydroxylation sites is 1. The molecule has 2 amide bonds. The van der Waals surface area contributed by atoms with Crippen molar-refractivity contribution in [2.24, 2.45) is 0 Å². The summed E-state index contributed by atoms with van der Waals surface area (Å²) in [6, 6.07) is 11.2. The number of hydrogen-bond donors (Lipinski definition) is 1. The summed E-state index contributed by atoms with van der Waals surface area (Å²) in [5, 5.41) is 3.31. The van der Waals surface area contributed by atoms with Crippen molar-refractivity contribution in [2.45, 2.75) is 27.7 Å². The fourth-order valence-electron chi connectivity index (χ4n) is 2.63. The van der Waals surface area contributed by atoms with Crippen LogP contribution in [0.1, 0.15) is 23.6 Å². The van der Waals surface area contributed by atoms with Crippen LogP contribution in [-0.4, -0.2) is 18.4 Å². The highest BCUT2D eigenvalue weighted by molar-refractivity contribution is 6.34. The first-order valence-electron chi connectivity index (χ1n) is 7.70. The molecule has 0 atom stereocenters. The first-order valence-corrected chi connectivity index (χ1v) is 8.07. The minimum atomic E-state index is -0.290. The van der Waals surface area contributed by atoms with E-state index in [2.05, 4.69) is 5.32 Å². The summed E-state index contributed by atoms with van der Waals surface area (Å²) in [5.74, 6) is -0.478. The number of hydrogen-bond acceptors (Lipinski definition) is 2. The van der Waals surface area contributed by atoms with Gasteiger partial charge in [0.2, 0.25) is 11.8 Å². The molecule has 4 nitrogen and oxygen atoms in total. The zero-order chi connectivity index (χ0) is 17.9. The molecule has 0 aliphatic rings. The molecule has 0 radical (unpaired) electrons. The van der Waals surface area contributed by atoms with Crippen molar-refractivity contribution in [3.8, 4) is 0 Å². The van der Waals surface area contributed by atoms with Crippen LogP contribution in [0.2, 0.25) is 5.02 Å². The van der Waals surface area contributed by atoms with E-state index in [0.717, 1.165) is 22.4 Å². The number of nitrogens with one attached hydrogen (secondary N) is 1. The fourth-order valence-corrected chi connectivity index (χ4v) is 3.00. The molecular formula is C19H21ClN2O2. The second-order valence-corrected chi connectivity index (χ2v) is 6.29. The van der Waals surface area contributed by atoms with E-state index in [1.807, 2.05) is 51.1 Å². The van der Waals surface area contributed by atoms with Crippen LogP contribution in [0.15, 0.2) is 36.4 Å². The third-order valence-electron chi connectivity index (χ3n) is 3.78. The molecule has 24 heavy (non-hydrogen) atoms. The predicted octanol–water partition coefficient (Wildman–Crippen LogP) is 4.26. The van der Waals surface area contributed by atoms with E-state index in [-0.39, 0.29) is 18.4 Å². The smallest absolute Gasteiger partial charge is 0.244 e. The van der Waals surface area contributed by atoms with Crippen molar-refractivity contribution in [3.63, 3.8) is 0 Å². The van der Waals surface area contributed by atoms with Crippen molar-refractivity contribution in [1.29, 1.82) is 0 Å². The van der Waals surface area contributed by atoms with Crippen LogP contribution in [0.4, 0.5) is 11.4 Å². The zero-order valence-electron chi connectivity index (χ0n) is 14.3. The lowest BCUT2D eigenvalue weighted by molar-refractivity contribution is -0.120. The molecule has 0 bridgehead atoms. The van der Waals surface area contributed by atoms with Gasteiger partial charge in [0.25, 0.3) is 0 Å². The maximum Gasteiger partial charge on any atom is 0.244 e. The Hall–Kier alpha value is -2.33. The number of halogens is 1. The standard InChI is InChI=1S/C19H21ClN2O2/c1-12-9-14(3)19(16(20)10-12)21-18(24)11-22(15(4)23)17-8-6-5-7-13(17)2/h5-10H,11H2,1-4H3,(H,21,24). The van der Waals surface area contributed by atoms with Gasteiger partial charge in [-0.05, 0) is 49.6 Å². The van der Waals surface area contributed by atoms with E-state index >= 15 is 0 Å². The Kier molecular flexibility index (Phi) is 5.62. The molecule has 126 valence electrons. The second kappa shape index (κ2) is 7.49. The van der Waals surface area contributed by atoms with E-state index < -0.39 is 0 Å². The lowest BCUT2D eigenvalue weighted by Crippen LogP contribution is -2.37. The Morgan fingerprint density at radius 2 is 1.75 bits per heavy atom. The van der Waals surface area contributed by atoms with Crippen LogP contribution in [-0.2, 0) is 9.59 Å². The van der Waals surface area contributed by atoms with E-state index in [1.165, 1.54) is 11.8 Å². The van der Waals surface area contributed by atoms with Crippen LogP contribution in [0.3, 0.4) is 0 Å². The van der Waals surface area contributed by atoms with Gasteiger partial charge in [0.1, 0.15) is 6.54 Å². The highest BCUT2D eigenvalue weighted by Crippen LogP contribution is 2.27. The van der Waals surface area contributed by atoms with Crippen molar-refractivity contribution < 1.29 is 9.59 Å². The van der Waals surface area contributed by atoms with Crippen LogP contribution < -0.4 is 10.2 Å². The molecule has 1 N–H and O–H groups in total. The summed E-state index contributed by atoms with van der Waals surface area (Å²) >= 11 is 6.22. The summed E-state index contributed by atoms with van der Waals surface area (Å²) in [5.41, 5.74) is 4.16. The Labute approximate surface area is 147 Å². The number of aryl methyl sites for hydroxylation is 3. The van der Waals surface area contributed by atoms with Crippen LogP contribution in [0.25, 0.3) is 0 Å². The van der Waals surface area contributed by atoms with E-state index in [0.29, 0.717) is 10.7 Å². The normalized spacial score (nSPS) is 10.4. The minimum absolute atomic E-state index is 0.0656. The molecule has 0 spiro atoms. The lowest BCUT2D eigenvalue weighted by atomic mass is 10.1. The number of carbonyl (C=O) groups excluding carboxylic acids is 2. The van der Waals surface area contributed by atoms with Gasteiger partial charge in [0.15, 0.2) is 0 Å². The first-order chi connectivity index (χ1) is 11.3. The van der Waals surface area contributed by atoms with E-state index in [1.54, 1.807) is 6.07 Å². The molecule has 0 unspecified atom stereocenters. The van der Waals surface area contributed by atoms with Crippen LogP contribution in [0, 0.1) is 20.8 Å². The van der Waals surface area contributed by atoms with Crippen LogP contribution >= 0.6 is 11.6 Å². The monoisotopic (exact) mass is 344 g/mol. The van der Waals surface area contributed by atoms with Crippen molar-refractivity contribution in [3.05, 3.63) is 58.1 Å². The molecule has 0 saturated heterocycles. The average molecular weight is 345 g/mol. The quantitative estimate of drug-likeness (QED) is 0.901. The molecule has 0 aliphatic carbocycles. The van der Waals surface area contributed by atoms with Crippen LogP contribution in [0.5, 0.6) is 0 Å². The molecule has 0 saturated carbocycles. The second-order valence-electron chi connectivity index (χ2n) is 5.88. The van der Waals surface area contributed by atoms with Gasteiger partial charge in [-0.2, -0.15) is 0 Å². The maximum absolute atomic E-state index is 12.4. The Morgan fingerprint density at radius 3 is 2.33 bits per heavy atom. The van der Waals surface area contributed by atoms with E-state index in [4.69, 9.17) is 11.6 Å². The van der Waals surface area contributed by atoms with Crippen molar-refractivity contribution >= 4 is 34.8 Å². The lowest BCUT2D eigenvalue weighted by Gasteiger charge is -2.23. The SMILES string of the molecule is CC(=O)N(CC(=O)Nc1c(C)cc(C)cc1Cl)c1ccccc1C. The Balaban J connectivity index is 2.21. The van der Waals surface area contributed by atoms with Crippen molar-refractivity contribution in [1.82, 2.24) is 0 Å². The summed E-state index contributed by atoms with van der Waals surface area (Å²) in [6.45, 7) is 7.12. The maximum atomic E-state index is 12.4. The van der Waals surface area contributed by atoms with Gasteiger partial charge >= 0.3 is 0 Å². The number of nitrogens with zero attached hydrogens (tertiary/aromatic N) is 1. The molecule has 5 heteroatoms. The number of anilines is 2. The van der Waals surface area contributed by atoms with Gasteiger partial charge in [-0.1, -0.05) is 35.9 Å². The minimum Gasteiger partial charge on any atom is -0.323 e. The molecule has 0 heterocycles. The predicted molar refractivity (Wildman–Crippen MR) is 98.8 cm³/mol. The van der Waals surface area contributed by atoms with Gasteiger partial charge in [0, 0.05) is 12.6 Å². The van der Waals surface area contributed by atoms with Gasteiger partial charge < -0.3 is 10.2 Å². The molecule has 2 aromatic rings. The topological polar surface area (TPSA) is 49.4 Å². The van der Waals surface area contributed by atoms with Gasteiger partial charge in [0.05, 0.1) is 10.7 Å². The molecule has 0 fully saturated rings. The summed E-state index contributed by atoms with van der Waals surface area (Å²) in [7, 11) is 0. The third kappa shape index (κ3) is 4.15. The van der Waals surface area contributed by atoms with Gasteiger partial charge in [-0.25, -0.2) is 0 Å². The number of amides is 2. The summed E-state index contributed by atoms with van der Waals surface area (Å²) in [4.78, 5) is 25.9. The third-order valence-corrected chi connectivity index (χ3v) is 4.08. The number of carbonyl (C=O) groups is 2. The summed E-state index contributed by atoms with van der Waals surface area (Å²) < 4.78 is 0. The summed E-state index contributed by atoms with van der Waals surface area (Å²) in [6.07, 6.45) is 0. The number of rotatable bonds is 4. The van der Waals surface area contributed by atoms with Gasteiger partial charge in [-0.3, -0.25) is 9.59 Å². The molecular weight excluding hydrogens is 324 g/mol. The molecule has 0 aliphatic heterocycles. The highest BCUT2D eigenvalue weighted by atomic mass is 35.5. The average Bonchev–Trinajstić information content (AvgIpc) is 2.49. The fraction of sp³-hybridized carbons (Fsp3) is 0.263.